The molecule has 48 heavy (non-hydrogen) atoms. The summed E-state index contributed by atoms with van der Waals surface area (Å²) in [4.78, 5) is 44.1. The van der Waals surface area contributed by atoms with Crippen LogP contribution in [-0.2, 0) is 35.3 Å². The summed E-state index contributed by atoms with van der Waals surface area (Å²) in [7, 11) is 0. The van der Waals surface area contributed by atoms with Gasteiger partial charge in [0.1, 0.15) is 12.1 Å². The maximum atomic E-state index is 14.7. The minimum absolute atomic E-state index is 0.0128. The summed E-state index contributed by atoms with van der Waals surface area (Å²) in [5.74, 6) is 0.343. The zero-order valence-electron chi connectivity index (χ0n) is 27.8. The lowest BCUT2D eigenvalue weighted by atomic mass is 9.94. The molecule has 2 amide bonds. The lowest BCUT2D eigenvalue weighted by molar-refractivity contribution is -0.141. The van der Waals surface area contributed by atoms with Crippen LogP contribution in [0, 0.1) is 5.92 Å². The number of halogens is 2. The summed E-state index contributed by atoms with van der Waals surface area (Å²) in [5.41, 5.74) is 5.65. The van der Waals surface area contributed by atoms with E-state index in [0.717, 1.165) is 85.2 Å². The number of nitrogens with zero attached hydrogens (tertiary/aromatic N) is 6. The average Bonchev–Trinajstić information content (AvgIpc) is 3.50. The van der Waals surface area contributed by atoms with Crippen LogP contribution in [0.15, 0.2) is 47.5 Å². The van der Waals surface area contributed by atoms with Crippen LogP contribution in [0.5, 0.6) is 0 Å². The van der Waals surface area contributed by atoms with Crippen LogP contribution in [-0.4, -0.2) is 86.1 Å². The van der Waals surface area contributed by atoms with Gasteiger partial charge in [-0.05, 0) is 115 Å². The Morgan fingerprint density at radius 1 is 0.979 bits per heavy atom. The summed E-state index contributed by atoms with van der Waals surface area (Å²) < 4.78 is 9.22. The van der Waals surface area contributed by atoms with E-state index in [0.29, 0.717) is 38.6 Å². The third kappa shape index (κ3) is 7.31. The number of fused-ring (bicyclic) bond motifs is 2. The number of aromatic nitrogens is 3. The fourth-order valence-corrected chi connectivity index (χ4v) is 8.83. The number of carbonyl (C=O) groups is 2. The molecule has 1 aromatic carbocycles. The molecule has 3 aromatic rings. The third-order valence-electron chi connectivity index (χ3n) is 10.8. The molecule has 2 aliphatic carbocycles. The molecule has 11 heteroatoms. The number of carbonyl (C=O) groups excluding carboxylic acids is 2. The Morgan fingerprint density at radius 3 is 2.62 bits per heavy atom. The van der Waals surface area contributed by atoms with Crippen molar-refractivity contribution < 1.29 is 14.3 Å². The van der Waals surface area contributed by atoms with E-state index in [1.165, 1.54) is 23.1 Å². The van der Waals surface area contributed by atoms with Crippen molar-refractivity contribution in [2.24, 2.45) is 5.92 Å². The fourth-order valence-electron chi connectivity index (χ4n) is 8.26. The lowest BCUT2D eigenvalue weighted by Gasteiger charge is -2.45. The number of likely N-dealkylation sites (tertiary alicyclic amines) is 1. The minimum atomic E-state index is -0.647. The molecule has 1 saturated carbocycles. The van der Waals surface area contributed by atoms with Crippen molar-refractivity contribution in [3.05, 3.63) is 80.6 Å². The van der Waals surface area contributed by atoms with Crippen molar-refractivity contribution in [1.82, 2.24) is 29.2 Å². The molecule has 4 aliphatic rings. The van der Waals surface area contributed by atoms with Crippen molar-refractivity contribution in [3.8, 4) is 0 Å². The molecule has 256 valence electrons. The van der Waals surface area contributed by atoms with E-state index in [1.54, 1.807) is 4.90 Å². The van der Waals surface area contributed by atoms with Gasteiger partial charge in [0, 0.05) is 61.2 Å². The van der Waals surface area contributed by atoms with Gasteiger partial charge in [-0.1, -0.05) is 31.0 Å². The highest BCUT2D eigenvalue weighted by atomic mass is 79.9. The number of benzene rings is 1. The van der Waals surface area contributed by atoms with E-state index in [2.05, 4.69) is 61.7 Å². The first-order valence-electron chi connectivity index (χ1n) is 17.8. The zero-order valence-corrected chi connectivity index (χ0v) is 30.2. The molecule has 0 radical (unpaired) electrons. The number of ether oxygens (including phenoxy) is 1. The molecule has 3 atom stereocenters. The molecule has 4 heterocycles. The van der Waals surface area contributed by atoms with Crippen molar-refractivity contribution >= 4 is 39.5 Å². The Bertz CT molecular complexity index is 1570. The van der Waals surface area contributed by atoms with Gasteiger partial charge in [-0.2, -0.15) is 0 Å². The number of amides is 2. The van der Waals surface area contributed by atoms with Gasteiger partial charge < -0.3 is 14.2 Å². The Hall–Kier alpha value is -2.95. The average molecular weight is 738 g/mol. The number of piperazine rings is 1. The molecule has 1 unspecified atom stereocenters. The Kier molecular flexibility index (Phi) is 10.4. The molecule has 0 spiro atoms. The number of rotatable bonds is 6. The van der Waals surface area contributed by atoms with Crippen LogP contribution in [0.25, 0.3) is 0 Å². The van der Waals surface area contributed by atoms with Gasteiger partial charge in [0.25, 0.3) is 0 Å². The van der Waals surface area contributed by atoms with Crippen LogP contribution in [0.2, 0.25) is 5.02 Å². The van der Waals surface area contributed by atoms with E-state index in [4.69, 9.17) is 21.3 Å². The molecular weight excluding hydrogens is 692 g/mol. The van der Waals surface area contributed by atoms with Crippen molar-refractivity contribution in [2.75, 3.05) is 32.7 Å². The standard InChI is InChI=1S/C37H46BrClN6O3/c1-2-30-22-42(24-41-30)20-25-7-6-14-44(21-25)36(46)33-23-43(15-16-45(33)37(47)48-31-8-4-3-5-9-31)35-32-13-12-29(39)18-26(32)10-11-27-17-28(38)19-40-34(27)35/h12-13,17-19,22,24-25,31,33,35H,2-11,14-16,20-21,23H2,1H3/t25-,33+,35?/m0/s1. The van der Waals surface area contributed by atoms with Crippen LogP contribution in [0.1, 0.15) is 86.0 Å². The van der Waals surface area contributed by atoms with Crippen LogP contribution >= 0.6 is 27.5 Å². The smallest absolute Gasteiger partial charge is 0.410 e. The summed E-state index contributed by atoms with van der Waals surface area (Å²) >= 11 is 10.1. The highest BCUT2D eigenvalue weighted by Crippen LogP contribution is 2.39. The molecular formula is C37H46BrClN6O3. The lowest BCUT2D eigenvalue weighted by Crippen LogP contribution is -2.62. The number of hydrogen-bond acceptors (Lipinski definition) is 6. The predicted octanol–water partition coefficient (Wildman–Crippen LogP) is 6.84. The maximum absolute atomic E-state index is 14.7. The molecule has 7 rings (SSSR count). The van der Waals surface area contributed by atoms with Crippen molar-refractivity contribution in [3.63, 3.8) is 0 Å². The molecule has 0 N–H and O–H groups in total. The molecule has 0 bridgehead atoms. The second-order valence-corrected chi connectivity index (χ2v) is 15.4. The fraction of sp³-hybridized carbons (Fsp3) is 0.568. The summed E-state index contributed by atoms with van der Waals surface area (Å²) in [6.45, 7) is 5.75. The first-order valence-corrected chi connectivity index (χ1v) is 19.0. The number of piperidine rings is 1. The number of aryl methyl sites for hydroxylation is 3. The van der Waals surface area contributed by atoms with Gasteiger partial charge in [0.2, 0.25) is 5.91 Å². The summed E-state index contributed by atoms with van der Waals surface area (Å²) in [6, 6.07) is 7.51. The minimum Gasteiger partial charge on any atom is -0.446 e. The number of hydrogen-bond donors (Lipinski definition) is 0. The monoisotopic (exact) mass is 736 g/mol. The van der Waals surface area contributed by atoms with Gasteiger partial charge in [-0.25, -0.2) is 9.78 Å². The largest absolute Gasteiger partial charge is 0.446 e. The van der Waals surface area contributed by atoms with Gasteiger partial charge in [0.15, 0.2) is 0 Å². The van der Waals surface area contributed by atoms with E-state index in [-0.39, 0.29) is 24.1 Å². The van der Waals surface area contributed by atoms with Gasteiger partial charge >= 0.3 is 6.09 Å². The van der Waals surface area contributed by atoms with E-state index < -0.39 is 6.04 Å². The van der Waals surface area contributed by atoms with Gasteiger partial charge in [-0.15, -0.1) is 0 Å². The highest BCUT2D eigenvalue weighted by molar-refractivity contribution is 9.10. The third-order valence-corrected chi connectivity index (χ3v) is 11.4. The van der Waals surface area contributed by atoms with E-state index >= 15 is 0 Å². The normalized spacial score (nSPS) is 23.7. The van der Waals surface area contributed by atoms with Crippen LogP contribution in [0.3, 0.4) is 0 Å². The quantitative estimate of drug-likeness (QED) is 0.276. The maximum Gasteiger partial charge on any atom is 0.410 e. The summed E-state index contributed by atoms with van der Waals surface area (Å²) in [5, 5.41) is 0.720. The van der Waals surface area contributed by atoms with E-state index in [1.807, 2.05) is 23.5 Å². The Balaban J connectivity index is 1.17. The van der Waals surface area contributed by atoms with Gasteiger partial charge in [-0.3, -0.25) is 19.6 Å². The topological polar surface area (TPSA) is 83.8 Å². The second-order valence-electron chi connectivity index (χ2n) is 14.0. The van der Waals surface area contributed by atoms with E-state index in [9.17, 15) is 9.59 Å². The molecule has 2 aromatic heterocycles. The zero-order chi connectivity index (χ0) is 33.2. The first kappa shape index (κ1) is 33.5. The summed E-state index contributed by atoms with van der Waals surface area (Å²) in [6.07, 6.45) is 15.2. The molecule has 9 nitrogen and oxygen atoms in total. The van der Waals surface area contributed by atoms with Crippen LogP contribution < -0.4 is 0 Å². The second kappa shape index (κ2) is 14.9. The molecule has 2 aliphatic heterocycles. The highest BCUT2D eigenvalue weighted by Gasteiger charge is 2.43. The SMILES string of the molecule is CCc1cn(C[C@@H]2CCCN(C(=O)[C@H]3CN(C4c5ccc(Cl)cc5CCc5cc(Br)cnc54)CCN3C(=O)OC3CCCCC3)C2)cn1. The molecule has 3 fully saturated rings. The number of imidazole rings is 1. The van der Waals surface area contributed by atoms with Crippen molar-refractivity contribution in [2.45, 2.75) is 95.9 Å². The Labute approximate surface area is 297 Å². The van der Waals surface area contributed by atoms with Gasteiger partial charge in [0.05, 0.1) is 23.8 Å². The Morgan fingerprint density at radius 2 is 1.81 bits per heavy atom. The van der Waals surface area contributed by atoms with Crippen molar-refractivity contribution in [1.29, 1.82) is 0 Å². The number of pyridine rings is 1. The molecule has 2 saturated heterocycles. The first-order chi connectivity index (χ1) is 23.4. The predicted molar refractivity (Wildman–Crippen MR) is 189 cm³/mol. The van der Waals surface area contributed by atoms with Crippen LogP contribution in [0.4, 0.5) is 4.79 Å².